The molecule has 1 aliphatic rings. The highest BCUT2D eigenvalue weighted by atomic mass is 35.5. The van der Waals surface area contributed by atoms with Crippen molar-refractivity contribution in [1.82, 2.24) is 10.2 Å². The van der Waals surface area contributed by atoms with Gasteiger partial charge in [-0.1, -0.05) is 89.9 Å². The first-order chi connectivity index (χ1) is 16.8. The lowest BCUT2D eigenvalue weighted by molar-refractivity contribution is -0.118. The van der Waals surface area contributed by atoms with Crippen LogP contribution in [-0.2, 0) is 27.7 Å². The Balaban J connectivity index is 1.55. The Hall–Kier alpha value is -2.42. The molecule has 3 aromatic carbocycles. The predicted octanol–water partition coefficient (Wildman–Crippen LogP) is 4.39. The summed E-state index contributed by atoms with van der Waals surface area (Å²) in [5.41, 5.74) is 2.48. The molecule has 1 amide bonds. The van der Waals surface area contributed by atoms with Gasteiger partial charge in [-0.25, -0.2) is 8.42 Å². The number of amides is 1. The minimum atomic E-state index is -3.27. The number of carbonyl (C=O) groups is 1. The largest absolute Gasteiger partial charge is 0.324 e. The molecule has 0 aromatic heterocycles. The van der Waals surface area contributed by atoms with Crippen molar-refractivity contribution in [3.63, 3.8) is 0 Å². The van der Waals surface area contributed by atoms with Crippen LogP contribution in [0.1, 0.15) is 11.1 Å². The van der Waals surface area contributed by atoms with E-state index in [-0.39, 0.29) is 41.1 Å². The van der Waals surface area contributed by atoms with Crippen molar-refractivity contribution in [3.8, 4) is 0 Å². The Kier molecular flexibility index (Phi) is 8.46. The average molecular weight is 532 g/mol. The molecule has 0 spiro atoms. The van der Waals surface area contributed by atoms with Gasteiger partial charge >= 0.3 is 0 Å². The molecule has 0 bridgehead atoms. The zero-order valence-corrected chi connectivity index (χ0v) is 21.4. The van der Waals surface area contributed by atoms with E-state index in [0.717, 1.165) is 11.1 Å². The number of anilines is 1. The molecule has 1 aliphatic heterocycles. The molecule has 6 nitrogen and oxygen atoms in total. The molecular formula is C26H27Cl2N3O3S. The number of rotatable bonds is 9. The van der Waals surface area contributed by atoms with E-state index in [9.17, 15) is 13.2 Å². The maximum Gasteiger partial charge on any atom is 0.238 e. The minimum Gasteiger partial charge on any atom is -0.324 e. The van der Waals surface area contributed by atoms with Gasteiger partial charge in [0.15, 0.2) is 9.84 Å². The molecule has 9 heteroatoms. The molecule has 1 saturated heterocycles. The zero-order chi connectivity index (χ0) is 24.8. The number of benzene rings is 3. The van der Waals surface area contributed by atoms with Gasteiger partial charge in [0.1, 0.15) is 0 Å². The predicted molar refractivity (Wildman–Crippen MR) is 141 cm³/mol. The van der Waals surface area contributed by atoms with E-state index < -0.39 is 9.84 Å². The Morgan fingerprint density at radius 1 is 0.886 bits per heavy atom. The summed E-state index contributed by atoms with van der Waals surface area (Å²) < 4.78 is 25.4. The van der Waals surface area contributed by atoms with Crippen molar-refractivity contribution in [3.05, 3.63) is 100 Å². The molecule has 2 unspecified atom stereocenters. The molecule has 4 rings (SSSR count). The Labute approximate surface area is 216 Å². The summed E-state index contributed by atoms with van der Waals surface area (Å²) in [5, 5.41) is 6.85. The molecule has 1 heterocycles. The van der Waals surface area contributed by atoms with Crippen LogP contribution in [-0.4, -0.2) is 49.4 Å². The van der Waals surface area contributed by atoms with Crippen molar-refractivity contribution in [2.75, 3.05) is 23.4 Å². The van der Waals surface area contributed by atoms with Crippen LogP contribution in [0.3, 0.4) is 0 Å². The van der Waals surface area contributed by atoms with E-state index in [1.54, 1.807) is 18.2 Å². The number of carbonyl (C=O) groups excluding carboxylic acids is 1. The van der Waals surface area contributed by atoms with Crippen LogP contribution in [0, 0.1) is 0 Å². The SMILES string of the molecule is O=C(CN(Cc1ccccc1)C1CS(=O)(=O)CC1NCc1ccccc1)Nc1cccc(Cl)c1Cl. The quantitative estimate of drug-likeness (QED) is 0.428. The maximum absolute atomic E-state index is 13.1. The summed E-state index contributed by atoms with van der Waals surface area (Å²) >= 11 is 12.3. The Bertz CT molecular complexity index is 1260. The lowest BCUT2D eigenvalue weighted by Gasteiger charge is -2.32. The van der Waals surface area contributed by atoms with Crippen molar-refractivity contribution < 1.29 is 13.2 Å². The van der Waals surface area contributed by atoms with Gasteiger partial charge in [0.2, 0.25) is 5.91 Å². The van der Waals surface area contributed by atoms with Crippen LogP contribution < -0.4 is 10.6 Å². The third kappa shape index (κ3) is 7.06. The van der Waals surface area contributed by atoms with Crippen molar-refractivity contribution >= 4 is 44.6 Å². The summed E-state index contributed by atoms with van der Waals surface area (Å²) in [6.45, 7) is 0.976. The average Bonchev–Trinajstić information content (AvgIpc) is 3.16. The van der Waals surface area contributed by atoms with Crippen LogP contribution in [0.25, 0.3) is 0 Å². The summed E-state index contributed by atoms with van der Waals surface area (Å²) in [6, 6.07) is 23.9. The van der Waals surface area contributed by atoms with E-state index in [2.05, 4.69) is 10.6 Å². The van der Waals surface area contributed by atoms with Gasteiger partial charge in [-0.3, -0.25) is 9.69 Å². The van der Waals surface area contributed by atoms with Gasteiger partial charge < -0.3 is 10.6 Å². The van der Waals surface area contributed by atoms with E-state index in [1.165, 1.54) is 0 Å². The van der Waals surface area contributed by atoms with Gasteiger partial charge in [0.05, 0.1) is 33.8 Å². The van der Waals surface area contributed by atoms with Gasteiger partial charge in [0.25, 0.3) is 0 Å². The highest BCUT2D eigenvalue weighted by molar-refractivity contribution is 7.91. The standard InChI is InChI=1S/C26H27Cl2N3O3S/c27-21-12-7-13-22(26(21)28)30-25(32)16-31(15-20-10-5-2-6-11-20)24-18-35(33,34)17-23(24)29-14-19-8-3-1-4-9-19/h1-13,23-24,29H,14-18H2,(H,30,32). The van der Waals surface area contributed by atoms with Gasteiger partial charge in [0, 0.05) is 25.2 Å². The van der Waals surface area contributed by atoms with Crippen LogP contribution in [0.4, 0.5) is 5.69 Å². The molecule has 3 aromatic rings. The van der Waals surface area contributed by atoms with E-state index in [4.69, 9.17) is 23.2 Å². The summed E-state index contributed by atoms with van der Waals surface area (Å²) in [4.78, 5) is 15.0. The topological polar surface area (TPSA) is 78.5 Å². The molecule has 2 N–H and O–H groups in total. The molecule has 0 saturated carbocycles. The van der Waals surface area contributed by atoms with Crippen LogP contribution in [0.5, 0.6) is 0 Å². The molecular weight excluding hydrogens is 505 g/mol. The molecule has 0 aliphatic carbocycles. The van der Waals surface area contributed by atoms with Gasteiger partial charge in [-0.2, -0.15) is 0 Å². The highest BCUT2D eigenvalue weighted by Crippen LogP contribution is 2.29. The number of hydrogen-bond donors (Lipinski definition) is 2. The Morgan fingerprint density at radius 2 is 1.54 bits per heavy atom. The van der Waals surface area contributed by atoms with Crippen molar-refractivity contribution in [2.24, 2.45) is 0 Å². The van der Waals surface area contributed by atoms with E-state index in [1.807, 2.05) is 65.6 Å². The first-order valence-corrected chi connectivity index (χ1v) is 13.9. The molecule has 184 valence electrons. The summed E-state index contributed by atoms with van der Waals surface area (Å²) in [6.07, 6.45) is 0. The second kappa shape index (κ2) is 11.5. The Morgan fingerprint density at radius 3 is 2.23 bits per heavy atom. The first-order valence-electron chi connectivity index (χ1n) is 11.3. The van der Waals surface area contributed by atoms with Crippen LogP contribution in [0.15, 0.2) is 78.9 Å². The lowest BCUT2D eigenvalue weighted by atomic mass is 10.1. The number of sulfone groups is 1. The monoisotopic (exact) mass is 531 g/mol. The van der Waals surface area contributed by atoms with Crippen molar-refractivity contribution in [2.45, 2.75) is 25.2 Å². The third-order valence-electron chi connectivity index (χ3n) is 6.00. The summed E-state index contributed by atoms with van der Waals surface area (Å²) in [5.74, 6) is -0.286. The first kappa shape index (κ1) is 25.7. The molecule has 0 radical (unpaired) electrons. The third-order valence-corrected chi connectivity index (χ3v) is 8.54. The highest BCUT2D eigenvalue weighted by Gasteiger charge is 2.41. The van der Waals surface area contributed by atoms with Gasteiger partial charge in [-0.05, 0) is 23.3 Å². The number of nitrogens with one attached hydrogen (secondary N) is 2. The second-order valence-electron chi connectivity index (χ2n) is 8.66. The van der Waals surface area contributed by atoms with Crippen LogP contribution >= 0.6 is 23.2 Å². The van der Waals surface area contributed by atoms with Gasteiger partial charge in [-0.15, -0.1) is 0 Å². The maximum atomic E-state index is 13.1. The number of hydrogen-bond acceptors (Lipinski definition) is 5. The molecule has 1 fully saturated rings. The zero-order valence-electron chi connectivity index (χ0n) is 19.0. The van der Waals surface area contributed by atoms with Crippen LogP contribution in [0.2, 0.25) is 10.0 Å². The summed E-state index contributed by atoms with van der Waals surface area (Å²) in [7, 11) is -3.27. The fourth-order valence-electron chi connectivity index (χ4n) is 4.31. The van der Waals surface area contributed by atoms with E-state index in [0.29, 0.717) is 23.8 Å². The van der Waals surface area contributed by atoms with Crippen molar-refractivity contribution in [1.29, 1.82) is 0 Å². The minimum absolute atomic E-state index is 0.00143. The lowest BCUT2D eigenvalue weighted by Crippen LogP contribution is -2.51. The number of halogens is 2. The van der Waals surface area contributed by atoms with E-state index >= 15 is 0 Å². The fourth-order valence-corrected chi connectivity index (χ4v) is 6.65. The smallest absolute Gasteiger partial charge is 0.238 e. The number of nitrogens with zero attached hydrogens (tertiary/aromatic N) is 1. The normalized spacial score (nSPS) is 19.1. The second-order valence-corrected chi connectivity index (χ2v) is 11.6. The molecule has 35 heavy (non-hydrogen) atoms. The fraction of sp³-hybridized carbons (Fsp3) is 0.269. The molecule has 2 atom stereocenters.